The first-order chi connectivity index (χ1) is 12.7. The smallest absolute Gasteiger partial charge is 0.273 e. The Balaban J connectivity index is 1.67. The number of fused-ring (bicyclic) bond motifs is 1. The maximum Gasteiger partial charge on any atom is 0.273 e. The summed E-state index contributed by atoms with van der Waals surface area (Å²) in [5, 5.41) is 13.6. The fourth-order valence-electron chi connectivity index (χ4n) is 2.58. The van der Waals surface area contributed by atoms with Crippen LogP contribution in [0.1, 0.15) is 16.1 Å². The van der Waals surface area contributed by atoms with Gasteiger partial charge in [-0.25, -0.2) is 9.37 Å². The van der Waals surface area contributed by atoms with Crippen LogP contribution in [0.2, 0.25) is 0 Å². The van der Waals surface area contributed by atoms with E-state index in [1.807, 2.05) is 0 Å². The largest absolute Gasteiger partial charge is 0.319 e. The molecule has 0 atom stereocenters. The number of nitriles is 1. The molecule has 0 aliphatic rings. The molecule has 0 aliphatic heterocycles. The predicted octanol–water partition coefficient (Wildman–Crippen LogP) is 4.33. The number of nitrogens with one attached hydrogen (secondary N) is 1. The zero-order valence-corrected chi connectivity index (χ0v) is 14.1. The van der Waals surface area contributed by atoms with Crippen LogP contribution < -0.4 is 5.32 Å². The molecular formula is C19H11FN4OS. The van der Waals surface area contributed by atoms with Crippen LogP contribution in [0.25, 0.3) is 16.2 Å². The van der Waals surface area contributed by atoms with Crippen LogP contribution in [-0.2, 0) is 0 Å². The summed E-state index contributed by atoms with van der Waals surface area (Å²) in [7, 11) is 0. The standard InChI is InChI=1S/C19H11FN4OS/c20-14-7-5-12(6-8-14)16-10-24-17(11-26-19(24)23-16)18(25)22-15-4-2-1-3-13(15)9-21/h1-8,10-11H,(H,22,25). The molecule has 4 rings (SSSR count). The van der Waals surface area contributed by atoms with Gasteiger partial charge < -0.3 is 5.32 Å². The maximum absolute atomic E-state index is 13.1. The summed E-state index contributed by atoms with van der Waals surface area (Å²) in [4.78, 5) is 17.8. The lowest BCUT2D eigenvalue weighted by molar-refractivity contribution is 0.102. The van der Waals surface area contributed by atoms with Gasteiger partial charge in [0.1, 0.15) is 17.6 Å². The average Bonchev–Trinajstić information content (AvgIpc) is 3.23. The number of aromatic nitrogens is 2. The second-order valence-electron chi connectivity index (χ2n) is 5.52. The van der Waals surface area contributed by atoms with Crippen LogP contribution in [0.4, 0.5) is 10.1 Å². The molecule has 5 nitrogen and oxygen atoms in total. The SMILES string of the molecule is N#Cc1ccccc1NC(=O)c1csc2nc(-c3ccc(F)cc3)cn12. The maximum atomic E-state index is 13.1. The van der Waals surface area contributed by atoms with Gasteiger partial charge in [0.2, 0.25) is 0 Å². The van der Waals surface area contributed by atoms with Crippen molar-refractivity contribution in [2.24, 2.45) is 0 Å². The zero-order chi connectivity index (χ0) is 18.1. The molecule has 1 amide bonds. The highest BCUT2D eigenvalue weighted by atomic mass is 32.1. The molecule has 0 saturated heterocycles. The normalized spacial score (nSPS) is 10.6. The third kappa shape index (κ3) is 2.83. The van der Waals surface area contributed by atoms with E-state index in [4.69, 9.17) is 5.26 Å². The van der Waals surface area contributed by atoms with Gasteiger partial charge in [-0.05, 0) is 36.4 Å². The summed E-state index contributed by atoms with van der Waals surface area (Å²) in [6, 6.07) is 14.9. The van der Waals surface area contributed by atoms with Crippen molar-refractivity contribution < 1.29 is 9.18 Å². The molecule has 2 heterocycles. The first kappa shape index (κ1) is 16.0. The Hall–Kier alpha value is -3.50. The molecular weight excluding hydrogens is 351 g/mol. The topological polar surface area (TPSA) is 70.2 Å². The molecule has 0 bridgehead atoms. The van der Waals surface area contributed by atoms with E-state index in [9.17, 15) is 9.18 Å². The van der Waals surface area contributed by atoms with Crippen LogP contribution in [0.3, 0.4) is 0 Å². The summed E-state index contributed by atoms with van der Waals surface area (Å²) in [6.07, 6.45) is 1.74. The van der Waals surface area contributed by atoms with E-state index in [0.29, 0.717) is 27.6 Å². The number of carbonyl (C=O) groups is 1. The summed E-state index contributed by atoms with van der Waals surface area (Å²) in [5.74, 6) is -0.645. The number of para-hydroxylation sites is 1. The van der Waals surface area contributed by atoms with E-state index in [-0.39, 0.29) is 11.7 Å². The Bertz CT molecular complexity index is 1150. The first-order valence-electron chi connectivity index (χ1n) is 7.69. The van der Waals surface area contributed by atoms with E-state index >= 15 is 0 Å². The van der Waals surface area contributed by atoms with Crippen molar-refractivity contribution in [3.05, 3.63) is 77.2 Å². The third-order valence-corrected chi connectivity index (χ3v) is 4.72. The van der Waals surface area contributed by atoms with Crippen molar-refractivity contribution in [1.29, 1.82) is 5.26 Å². The van der Waals surface area contributed by atoms with E-state index in [2.05, 4.69) is 16.4 Å². The van der Waals surface area contributed by atoms with Gasteiger partial charge in [0, 0.05) is 17.1 Å². The lowest BCUT2D eigenvalue weighted by atomic mass is 10.2. The number of benzene rings is 2. The van der Waals surface area contributed by atoms with Crippen molar-refractivity contribution in [2.75, 3.05) is 5.32 Å². The minimum absolute atomic E-state index is 0.314. The molecule has 0 aliphatic carbocycles. The number of imidazole rings is 1. The van der Waals surface area contributed by atoms with Crippen LogP contribution in [0.5, 0.6) is 0 Å². The van der Waals surface area contributed by atoms with Crippen LogP contribution in [0.15, 0.2) is 60.1 Å². The highest BCUT2D eigenvalue weighted by molar-refractivity contribution is 7.15. The number of thiazole rings is 1. The fourth-order valence-corrected chi connectivity index (χ4v) is 3.44. The number of halogens is 1. The number of nitrogens with zero attached hydrogens (tertiary/aromatic N) is 3. The number of carbonyl (C=O) groups excluding carboxylic acids is 1. The number of rotatable bonds is 3. The molecule has 7 heteroatoms. The third-order valence-electron chi connectivity index (χ3n) is 3.88. The lowest BCUT2D eigenvalue weighted by Gasteiger charge is -2.05. The second kappa shape index (κ2) is 6.43. The van der Waals surface area contributed by atoms with Crippen LogP contribution >= 0.6 is 11.3 Å². The monoisotopic (exact) mass is 362 g/mol. The number of hydrogen-bond donors (Lipinski definition) is 1. The van der Waals surface area contributed by atoms with Gasteiger partial charge in [-0.3, -0.25) is 9.20 Å². The van der Waals surface area contributed by atoms with Crippen molar-refractivity contribution in [3.8, 4) is 17.3 Å². The summed E-state index contributed by atoms with van der Waals surface area (Å²) in [6.45, 7) is 0. The molecule has 4 aromatic rings. The van der Waals surface area contributed by atoms with E-state index in [1.165, 1.54) is 23.5 Å². The van der Waals surface area contributed by atoms with E-state index in [1.54, 1.807) is 52.4 Å². The summed E-state index contributed by atoms with van der Waals surface area (Å²) < 4.78 is 14.8. The number of amides is 1. The zero-order valence-electron chi connectivity index (χ0n) is 13.3. The van der Waals surface area contributed by atoms with Gasteiger partial charge in [0.25, 0.3) is 5.91 Å². The molecule has 0 unspecified atom stereocenters. The first-order valence-corrected chi connectivity index (χ1v) is 8.56. The molecule has 2 aromatic heterocycles. The minimum Gasteiger partial charge on any atom is -0.319 e. The highest BCUT2D eigenvalue weighted by Crippen LogP contribution is 2.25. The summed E-state index contributed by atoms with van der Waals surface area (Å²) >= 11 is 1.33. The van der Waals surface area contributed by atoms with Crippen LogP contribution in [-0.4, -0.2) is 15.3 Å². The Morgan fingerprint density at radius 3 is 2.73 bits per heavy atom. The molecule has 126 valence electrons. The Kier molecular flexibility index (Phi) is 3.95. The molecule has 2 aromatic carbocycles. The van der Waals surface area contributed by atoms with Gasteiger partial charge in [-0.15, -0.1) is 11.3 Å². The van der Waals surface area contributed by atoms with Gasteiger partial charge in [-0.2, -0.15) is 5.26 Å². The molecule has 0 radical (unpaired) electrons. The average molecular weight is 362 g/mol. The second-order valence-corrected chi connectivity index (χ2v) is 6.35. The predicted molar refractivity (Wildman–Crippen MR) is 97.6 cm³/mol. The highest BCUT2D eigenvalue weighted by Gasteiger charge is 2.16. The van der Waals surface area contributed by atoms with Crippen molar-refractivity contribution >= 4 is 27.9 Å². The van der Waals surface area contributed by atoms with Gasteiger partial charge in [-0.1, -0.05) is 12.1 Å². The van der Waals surface area contributed by atoms with E-state index in [0.717, 1.165) is 5.56 Å². The fraction of sp³-hybridized carbons (Fsp3) is 0. The van der Waals surface area contributed by atoms with Crippen molar-refractivity contribution in [2.45, 2.75) is 0 Å². The van der Waals surface area contributed by atoms with Gasteiger partial charge in [0.05, 0.1) is 16.9 Å². The van der Waals surface area contributed by atoms with Crippen molar-refractivity contribution in [3.63, 3.8) is 0 Å². The molecule has 26 heavy (non-hydrogen) atoms. The quantitative estimate of drug-likeness (QED) is 0.590. The molecule has 0 saturated carbocycles. The Morgan fingerprint density at radius 1 is 1.19 bits per heavy atom. The Morgan fingerprint density at radius 2 is 1.96 bits per heavy atom. The molecule has 1 N–H and O–H groups in total. The van der Waals surface area contributed by atoms with Gasteiger partial charge >= 0.3 is 0 Å². The number of hydrogen-bond acceptors (Lipinski definition) is 4. The molecule has 0 fully saturated rings. The van der Waals surface area contributed by atoms with Gasteiger partial charge in [0.15, 0.2) is 4.96 Å². The minimum atomic E-state index is -0.331. The summed E-state index contributed by atoms with van der Waals surface area (Å²) in [5.41, 5.74) is 2.69. The Labute approximate surface area is 152 Å². The lowest BCUT2D eigenvalue weighted by Crippen LogP contribution is -2.14. The molecule has 0 spiro atoms. The number of anilines is 1. The van der Waals surface area contributed by atoms with E-state index < -0.39 is 0 Å². The van der Waals surface area contributed by atoms with Crippen molar-refractivity contribution in [1.82, 2.24) is 9.38 Å². The van der Waals surface area contributed by atoms with Crippen LogP contribution in [0, 0.1) is 17.1 Å².